The fraction of sp³-hybridized carbons (Fsp3) is 0.0566. The van der Waals surface area contributed by atoms with Gasteiger partial charge in [0.2, 0.25) is 0 Å². The Morgan fingerprint density at radius 1 is 0.386 bits per heavy atom. The molecule has 57 heavy (non-hydrogen) atoms. The van der Waals surface area contributed by atoms with Crippen molar-refractivity contribution in [1.29, 1.82) is 0 Å². The maximum atomic E-state index is 6.45. The molecule has 4 heteroatoms. The van der Waals surface area contributed by atoms with Crippen LogP contribution < -0.4 is 0 Å². The molecule has 1 aliphatic carbocycles. The summed E-state index contributed by atoms with van der Waals surface area (Å²) >= 11 is 0. The zero-order valence-electron chi connectivity index (χ0n) is 31.4. The normalized spacial score (nSPS) is 13.2. The average molecular weight is 731 g/mol. The minimum absolute atomic E-state index is 0.145. The van der Waals surface area contributed by atoms with Crippen LogP contribution in [0.1, 0.15) is 25.0 Å². The van der Waals surface area contributed by atoms with Crippen LogP contribution >= 0.6 is 0 Å². The molecule has 268 valence electrons. The van der Waals surface area contributed by atoms with E-state index in [1.165, 1.54) is 38.6 Å². The van der Waals surface area contributed by atoms with Gasteiger partial charge >= 0.3 is 0 Å². The Labute approximate surface area is 328 Å². The van der Waals surface area contributed by atoms with Gasteiger partial charge in [0.1, 0.15) is 22.3 Å². The van der Waals surface area contributed by atoms with Gasteiger partial charge in [-0.05, 0) is 98.8 Å². The van der Waals surface area contributed by atoms with Gasteiger partial charge < -0.3 is 8.83 Å². The molecule has 11 aromatic rings. The van der Waals surface area contributed by atoms with Crippen molar-refractivity contribution in [2.75, 3.05) is 0 Å². The molecule has 0 N–H and O–H groups in total. The number of furan rings is 2. The largest absolute Gasteiger partial charge is 0.456 e. The topological polar surface area (TPSA) is 52.1 Å². The van der Waals surface area contributed by atoms with Crippen LogP contribution in [0.3, 0.4) is 0 Å². The first-order valence-electron chi connectivity index (χ1n) is 19.5. The number of benzene rings is 8. The number of aromatic nitrogens is 2. The molecule has 0 atom stereocenters. The van der Waals surface area contributed by atoms with E-state index in [2.05, 4.69) is 147 Å². The Kier molecular flexibility index (Phi) is 6.65. The molecule has 4 nitrogen and oxygen atoms in total. The van der Waals surface area contributed by atoms with Crippen molar-refractivity contribution in [1.82, 2.24) is 9.97 Å². The Hall–Kier alpha value is -7.30. The summed E-state index contributed by atoms with van der Waals surface area (Å²) in [7, 11) is 0. The highest BCUT2D eigenvalue weighted by molar-refractivity contribution is 6.15. The van der Waals surface area contributed by atoms with Gasteiger partial charge in [0.15, 0.2) is 5.82 Å². The van der Waals surface area contributed by atoms with E-state index < -0.39 is 0 Å². The first kappa shape index (κ1) is 32.0. The average Bonchev–Trinajstić information content (AvgIpc) is 3.88. The maximum Gasteiger partial charge on any atom is 0.160 e. The van der Waals surface area contributed by atoms with Crippen molar-refractivity contribution in [3.05, 3.63) is 181 Å². The minimum atomic E-state index is -0.145. The molecule has 12 rings (SSSR count). The standard InChI is InChI=1S/C53H34N2O2/c1-53(2)43-21-12-20-38(51(43)42-25-32-15-6-7-16-33(32)27-44(42)53)35-17-8-9-18-36(35)46-30-45(54-52(55-46)31-13-4-3-5-14-31)34-23-24-48-39(26-34)41-29-49-40(28-50(41)57-48)37-19-10-11-22-47(37)56-49/h3-30H,1-2H3. The van der Waals surface area contributed by atoms with Gasteiger partial charge in [-0.15, -0.1) is 0 Å². The van der Waals surface area contributed by atoms with Crippen LogP contribution in [0.5, 0.6) is 0 Å². The lowest BCUT2D eigenvalue weighted by atomic mass is 9.81. The molecular weight excluding hydrogens is 697 g/mol. The summed E-state index contributed by atoms with van der Waals surface area (Å²) in [4.78, 5) is 10.5. The number of rotatable bonds is 4. The first-order valence-corrected chi connectivity index (χ1v) is 19.5. The van der Waals surface area contributed by atoms with Crippen LogP contribution in [0.2, 0.25) is 0 Å². The van der Waals surface area contributed by atoms with Crippen molar-refractivity contribution >= 4 is 54.6 Å². The monoisotopic (exact) mass is 730 g/mol. The minimum Gasteiger partial charge on any atom is -0.456 e. The number of para-hydroxylation sites is 1. The zero-order chi connectivity index (χ0) is 37.8. The molecular formula is C53H34N2O2. The van der Waals surface area contributed by atoms with Crippen LogP contribution in [0.15, 0.2) is 179 Å². The second-order valence-corrected chi connectivity index (χ2v) is 15.7. The lowest BCUT2D eigenvalue weighted by molar-refractivity contribution is 0.661. The maximum absolute atomic E-state index is 6.45. The molecule has 0 bridgehead atoms. The lowest BCUT2D eigenvalue weighted by Crippen LogP contribution is -2.14. The Morgan fingerprint density at radius 3 is 1.84 bits per heavy atom. The third kappa shape index (κ3) is 4.80. The van der Waals surface area contributed by atoms with Gasteiger partial charge in [-0.1, -0.05) is 129 Å². The Bertz CT molecular complexity index is 3440. The molecule has 0 saturated heterocycles. The van der Waals surface area contributed by atoms with Crippen molar-refractivity contribution in [2.24, 2.45) is 0 Å². The molecule has 0 amide bonds. The fourth-order valence-electron chi connectivity index (χ4n) is 9.24. The van der Waals surface area contributed by atoms with Gasteiger partial charge in [-0.3, -0.25) is 0 Å². The Morgan fingerprint density at radius 2 is 1.02 bits per heavy atom. The molecule has 0 fully saturated rings. The highest BCUT2D eigenvalue weighted by atomic mass is 16.3. The summed E-state index contributed by atoms with van der Waals surface area (Å²) in [6, 6.07) is 60.0. The van der Waals surface area contributed by atoms with E-state index in [9.17, 15) is 0 Å². The van der Waals surface area contributed by atoms with E-state index in [0.29, 0.717) is 5.82 Å². The SMILES string of the molecule is CC1(C)c2cc3ccccc3cc2-c2c(-c3ccccc3-c3cc(-c4ccc5oc6cc7c(cc6c5c4)oc4ccccc47)nc(-c4ccccc4)n3)cccc21. The van der Waals surface area contributed by atoms with E-state index in [4.69, 9.17) is 18.8 Å². The van der Waals surface area contributed by atoms with E-state index in [1.54, 1.807) is 0 Å². The molecule has 0 radical (unpaired) electrons. The van der Waals surface area contributed by atoms with E-state index in [1.807, 2.05) is 36.4 Å². The Balaban J connectivity index is 1.06. The molecule has 0 spiro atoms. The lowest BCUT2D eigenvalue weighted by Gasteiger charge is -2.22. The molecule has 3 heterocycles. The predicted molar refractivity (Wildman–Crippen MR) is 233 cm³/mol. The van der Waals surface area contributed by atoms with Crippen LogP contribution in [0.4, 0.5) is 0 Å². The quantitative estimate of drug-likeness (QED) is 0.181. The number of hydrogen-bond donors (Lipinski definition) is 0. The summed E-state index contributed by atoms with van der Waals surface area (Å²) in [5.74, 6) is 0.676. The predicted octanol–water partition coefficient (Wildman–Crippen LogP) is 14.4. The number of fused-ring (bicyclic) bond motifs is 10. The van der Waals surface area contributed by atoms with Gasteiger partial charge in [-0.25, -0.2) is 9.97 Å². The van der Waals surface area contributed by atoms with Gasteiger partial charge in [0.25, 0.3) is 0 Å². The number of hydrogen-bond acceptors (Lipinski definition) is 4. The highest BCUT2D eigenvalue weighted by Gasteiger charge is 2.37. The van der Waals surface area contributed by atoms with Crippen molar-refractivity contribution in [3.63, 3.8) is 0 Å². The fourth-order valence-corrected chi connectivity index (χ4v) is 9.24. The van der Waals surface area contributed by atoms with Crippen LogP contribution in [0, 0.1) is 0 Å². The second-order valence-electron chi connectivity index (χ2n) is 15.7. The molecule has 3 aromatic heterocycles. The second kappa shape index (κ2) is 11.8. The van der Waals surface area contributed by atoms with Gasteiger partial charge in [0, 0.05) is 43.7 Å². The molecule has 0 unspecified atom stereocenters. The number of nitrogens with zero attached hydrogens (tertiary/aromatic N) is 2. The van der Waals surface area contributed by atoms with Crippen LogP contribution in [-0.4, -0.2) is 9.97 Å². The smallest absolute Gasteiger partial charge is 0.160 e. The molecule has 8 aromatic carbocycles. The third-order valence-electron chi connectivity index (χ3n) is 12.1. The van der Waals surface area contributed by atoms with Crippen molar-refractivity contribution in [3.8, 4) is 56.2 Å². The summed E-state index contributed by atoms with van der Waals surface area (Å²) in [5, 5.41) is 6.68. The summed E-state index contributed by atoms with van der Waals surface area (Å²) in [6.45, 7) is 4.70. The van der Waals surface area contributed by atoms with Gasteiger partial charge in [-0.2, -0.15) is 0 Å². The molecule has 0 saturated carbocycles. The van der Waals surface area contributed by atoms with E-state index >= 15 is 0 Å². The van der Waals surface area contributed by atoms with E-state index in [0.717, 1.165) is 77.5 Å². The first-order chi connectivity index (χ1) is 28.0. The summed E-state index contributed by atoms with van der Waals surface area (Å²) in [5.41, 5.74) is 15.6. The van der Waals surface area contributed by atoms with Crippen molar-refractivity contribution < 1.29 is 8.83 Å². The molecule has 0 aliphatic heterocycles. The van der Waals surface area contributed by atoms with E-state index in [-0.39, 0.29) is 5.41 Å². The summed E-state index contributed by atoms with van der Waals surface area (Å²) < 4.78 is 12.7. The third-order valence-corrected chi connectivity index (χ3v) is 12.1. The highest BCUT2D eigenvalue weighted by Crippen LogP contribution is 2.54. The van der Waals surface area contributed by atoms with Gasteiger partial charge in [0.05, 0.1) is 11.4 Å². The zero-order valence-corrected chi connectivity index (χ0v) is 31.4. The van der Waals surface area contributed by atoms with Crippen LogP contribution in [-0.2, 0) is 5.41 Å². The van der Waals surface area contributed by atoms with Crippen LogP contribution in [0.25, 0.3) is 111 Å². The van der Waals surface area contributed by atoms with Crippen molar-refractivity contribution in [2.45, 2.75) is 19.3 Å². The molecule has 1 aliphatic rings. The summed E-state index contributed by atoms with van der Waals surface area (Å²) in [6.07, 6.45) is 0.